The van der Waals surface area contributed by atoms with Gasteiger partial charge in [0.05, 0.1) is 13.1 Å². The molecule has 37 heavy (non-hydrogen) atoms. The third-order valence-corrected chi connectivity index (χ3v) is 6.92. The maximum Gasteiger partial charge on any atom is 0.174 e. The summed E-state index contributed by atoms with van der Waals surface area (Å²) in [4.78, 5) is 14.5. The third kappa shape index (κ3) is 7.21. The molecule has 0 saturated carbocycles. The molecule has 200 valence electrons. The Morgan fingerprint density at radius 1 is 1.00 bits per heavy atom. The molecule has 3 aromatic carbocycles. The Hall–Kier alpha value is -2.68. The first-order chi connectivity index (χ1) is 17.2. The van der Waals surface area contributed by atoms with Crippen molar-refractivity contribution in [2.45, 2.75) is 38.0 Å². The zero-order valence-corrected chi connectivity index (χ0v) is 21.7. The molecule has 3 aromatic rings. The standard InChI is InChI=1S/C27H27F2NO3.C2H6O.ClH/c1-18(25(31)19-5-3-2-4-6-19)30-16-15-27(33,21-9-13-23(29)14-10-21)24(17-30)26(32)20-7-11-22(28)12-8-20;1-2-3;/h2-14,18,24-25,31,33H,15-17H2,1H3;3H,2H2,1H3;1H. The summed E-state index contributed by atoms with van der Waals surface area (Å²) >= 11 is 0. The Morgan fingerprint density at radius 3 is 2.05 bits per heavy atom. The summed E-state index contributed by atoms with van der Waals surface area (Å²) in [6.07, 6.45) is -0.475. The smallest absolute Gasteiger partial charge is 0.174 e. The number of halogens is 3. The maximum atomic E-state index is 13.5. The number of quaternary nitrogens is 1. The Bertz CT molecular complexity index is 1120. The lowest BCUT2D eigenvalue weighted by Gasteiger charge is -2.44. The van der Waals surface area contributed by atoms with Crippen molar-refractivity contribution >= 4 is 5.78 Å². The van der Waals surface area contributed by atoms with Crippen molar-refractivity contribution in [3.63, 3.8) is 0 Å². The number of benzene rings is 3. The highest BCUT2D eigenvalue weighted by atomic mass is 35.5. The van der Waals surface area contributed by atoms with E-state index >= 15 is 0 Å². The Balaban J connectivity index is 0.00000115. The molecule has 0 aliphatic carbocycles. The molecule has 1 fully saturated rings. The van der Waals surface area contributed by atoms with E-state index in [4.69, 9.17) is 5.11 Å². The third-order valence-electron chi connectivity index (χ3n) is 6.92. The largest absolute Gasteiger partial charge is 1.00 e. The van der Waals surface area contributed by atoms with Gasteiger partial charge >= 0.3 is 0 Å². The van der Waals surface area contributed by atoms with Crippen LogP contribution >= 0.6 is 0 Å². The summed E-state index contributed by atoms with van der Waals surface area (Å²) in [5.41, 5.74) is 0.0671. The fraction of sp³-hybridized carbons (Fsp3) is 0.345. The summed E-state index contributed by atoms with van der Waals surface area (Å²) in [5, 5.41) is 30.3. The van der Waals surface area contributed by atoms with Gasteiger partial charge in [-0.2, -0.15) is 0 Å². The molecule has 0 aromatic heterocycles. The van der Waals surface area contributed by atoms with Crippen molar-refractivity contribution in [1.82, 2.24) is 0 Å². The molecule has 4 N–H and O–H groups in total. The fourth-order valence-electron chi connectivity index (χ4n) is 4.84. The van der Waals surface area contributed by atoms with Crippen LogP contribution in [0.4, 0.5) is 8.78 Å². The van der Waals surface area contributed by atoms with Crippen LogP contribution in [0.25, 0.3) is 0 Å². The number of aliphatic hydroxyl groups excluding tert-OH is 2. The highest BCUT2D eigenvalue weighted by molar-refractivity contribution is 5.98. The van der Waals surface area contributed by atoms with Crippen LogP contribution in [0, 0.1) is 17.6 Å². The van der Waals surface area contributed by atoms with Gasteiger partial charge in [-0.3, -0.25) is 4.79 Å². The van der Waals surface area contributed by atoms with Gasteiger partial charge in [0.2, 0.25) is 0 Å². The number of hydrogen-bond acceptors (Lipinski definition) is 4. The molecule has 1 aliphatic heterocycles. The second kappa shape index (κ2) is 13.7. The van der Waals surface area contributed by atoms with Crippen molar-refractivity contribution in [3.8, 4) is 0 Å². The van der Waals surface area contributed by atoms with Gasteiger partial charge in [0, 0.05) is 18.6 Å². The fourth-order valence-corrected chi connectivity index (χ4v) is 4.84. The SMILES string of the molecule is CC(C(O)c1ccccc1)[NH+]1CCC(O)(c2ccc(F)cc2)C(C(=O)c2ccc(F)cc2)C1.CCO.[Cl-]. The Morgan fingerprint density at radius 2 is 1.51 bits per heavy atom. The predicted molar refractivity (Wildman–Crippen MR) is 133 cm³/mol. The summed E-state index contributed by atoms with van der Waals surface area (Å²) in [6, 6.07) is 19.9. The van der Waals surface area contributed by atoms with E-state index in [2.05, 4.69) is 0 Å². The van der Waals surface area contributed by atoms with E-state index in [-0.39, 0.29) is 43.8 Å². The van der Waals surface area contributed by atoms with E-state index in [1.165, 1.54) is 48.5 Å². The second-order valence-electron chi connectivity index (χ2n) is 9.18. The van der Waals surface area contributed by atoms with Gasteiger partial charge in [-0.05, 0) is 61.4 Å². The van der Waals surface area contributed by atoms with Crippen LogP contribution in [0.1, 0.15) is 47.9 Å². The van der Waals surface area contributed by atoms with E-state index in [0.29, 0.717) is 17.7 Å². The lowest BCUT2D eigenvalue weighted by atomic mass is 9.72. The van der Waals surface area contributed by atoms with Crippen molar-refractivity contribution in [2.24, 2.45) is 5.92 Å². The van der Waals surface area contributed by atoms with E-state index in [0.717, 1.165) is 10.5 Å². The van der Waals surface area contributed by atoms with Crippen LogP contribution < -0.4 is 17.3 Å². The van der Waals surface area contributed by atoms with Crippen LogP contribution in [0.2, 0.25) is 0 Å². The van der Waals surface area contributed by atoms with Crippen LogP contribution in [-0.4, -0.2) is 46.8 Å². The van der Waals surface area contributed by atoms with Gasteiger partial charge in [0.1, 0.15) is 35.3 Å². The average Bonchev–Trinajstić information content (AvgIpc) is 2.89. The number of carbonyl (C=O) groups is 1. The molecule has 0 spiro atoms. The quantitative estimate of drug-likeness (QED) is 0.338. The lowest BCUT2D eigenvalue weighted by Crippen LogP contribution is -3.18. The summed E-state index contributed by atoms with van der Waals surface area (Å²) in [7, 11) is 0. The topological polar surface area (TPSA) is 82.2 Å². The van der Waals surface area contributed by atoms with E-state index in [1.54, 1.807) is 6.92 Å². The zero-order valence-electron chi connectivity index (χ0n) is 20.9. The van der Waals surface area contributed by atoms with Crippen LogP contribution in [0.3, 0.4) is 0 Å². The Labute approximate surface area is 222 Å². The maximum absolute atomic E-state index is 13.5. The minimum atomic E-state index is -1.50. The number of carbonyl (C=O) groups excluding carboxylic acids is 1. The van der Waals surface area contributed by atoms with E-state index in [1.807, 2.05) is 37.3 Å². The molecule has 1 aliphatic rings. The first-order valence-corrected chi connectivity index (χ1v) is 12.2. The molecule has 8 heteroatoms. The summed E-state index contributed by atoms with van der Waals surface area (Å²) < 4.78 is 27.0. The molecule has 5 atom stereocenters. The number of aliphatic hydroxyl groups is 3. The van der Waals surface area contributed by atoms with Crippen LogP contribution in [0.5, 0.6) is 0 Å². The van der Waals surface area contributed by atoms with Gasteiger partial charge in [0.15, 0.2) is 5.78 Å². The van der Waals surface area contributed by atoms with Gasteiger partial charge in [-0.25, -0.2) is 8.78 Å². The summed E-state index contributed by atoms with van der Waals surface area (Å²) in [5.74, 6) is -2.02. The minimum Gasteiger partial charge on any atom is -1.00 e. The first-order valence-electron chi connectivity index (χ1n) is 12.2. The van der Waals surface area contributed by atoms with E-state index in [9.17, 15) is 23.8 Å². The molecule has 4 rings (SSSR count). The second-order valence-corrected chi connectivity index (χ2v) is 9.18. The van der Waals surface area contributed by atoms with Gasteiger partial charge < -0.3 is 32.6 Å². The number of nitrogens with one attached hydrogen (secondary N) is 1. The number of hydrogen-bond donors (Lipinski definition) is 4. The molecule has 0 amide bonds. The highest BCUT2D eigenvalue weighted by Crippen LogP contribution is 2.36. The number of rotatable bonds is 6. The van der Waals surface area contributed by atoms with Crippen molar-refractivity contribution in [1.29, 1.82) is 0 Å². The molecular weight excluding hydrogens is 500 g/mol. The Kier molecular flexibility index (Phi) is 11.3. The van der Waals surface area contributed by atoms with Gasteiger partial charge in [0.25, 0.3) is 0 Å². The van der Waals surface area contributed by atoms with Crippen molar-refractivity contribution in [3.05, 3.63) is 107 Å². The molecular formula is C29H34ClF2NO4. The minimum absolute atomic E-state index is 0. The number of ketones is 1. The number of piperidine rings is 1. The molecule has 5 unspecified atom stereocenters. The normalized spacial score (nSPS) is 22.6. The molecule has 1 heterocycles. The molecule has 0 radical (unpaired) electrons. The van der Waals surface area contributed by atoms with Gasteiger partial charge in [-0.15, -0.1) is 0 Å². The number of likely N-dealkylation sites (tertiary alicyclic amines) is 1. The predicted octanol–water partition coefficient (Wildman–Crippen LogP) is 0.0648. The lowest BCUT2D eigenvalue weighted by molar-refractivity contribution is -0.937. The van der Waals surface area contributed by atoms with E-state index < -0.39 is 29.3 Å². The highest BCUT2D eigenvalue weighted by Gasteiger charge is 2.50. The summed E-state index contributed by atoms with van der Waals surface area (Å²) in [6.45, 7) is 4.65. The zero-order chi connectivity index (χ0) is 26.3. The first kappa shape index (κ1) is 30.5. The monoisotopic (exact) mass is 533 g/mol. The van der Waals surface area contributed by atoms with Crippen molar-refractivity contribution in [2.75, 3.05) is 19.7 Å². The molecule has 0 bridgehead atoms. The van der Waals surface area contributed by atoms with Gasteiger partial charge in [-0.1, -0.05) is 42.5 Å². The van der Waals surface area contributed by atoms with Crippen molar-refractivity contribution < 1.29 is 46.2 Å². The molecule has 5 nitrogen and oxygen atoms in total. The average molecular weight is 534 g/mol. The van der Waals surface area contributed by atoms with Crippen LogP contribution in [-0.2, 0) is 5.60 Å². The number of Topliss-reactive ketones (excluding diaryl/α,β-unsaturated/α-hetero) is 1. The van der Waals surface area contributed by atoms with Crippen LogP contribution in [0.15, 0.2) is 78.9 Å². The molecule has 1 saturated heterocycles.